The maximum atomic E-state index is 13.2. The highest BCUT2D eigenvalue weighted by Crippen LogP contribution is 2.32. The second kappa shape index (κ2) is 5.17. The molecule has 2 aromatic carbocycles. The van der Waals surface area contributed by atoms with E-state index >= 15 is 0 Å². The van der Waals surface area contributed by atoms with Crippen LogP contribution in [0.4, 0.5) is 8.78 Å². The smallest absolute Gasteiger partial charge is 0.162 e. The molecule has 0 saturated heterocycles. The van der Waals surface area contributed by atoms with E-state index in [1.165, 1.54) is 12.3 Å². The van der Waals surface area contributed by atoms with E-state index in [2.05, 4.69) is 4.98 Å². The lowest BCUT2D eigenvalue weighted by Crippen LogP contribution is -1.93. The predicted octanol–water partition coefficient (Wildman–Crippen LogP) is 4.18. The van der Waals surface area contributed by atoms with Crippen LogP contribution in [0.3, 0.4) is 0 Å². The zero-order chi connectivity index (χ0) is 14.8. The van der Waals surface area contributed by atoms with Gasteiger partial charge in [0.05, 0.1) is 5.52 Å². The van der Waals surface area contributed by atoms with Gasteiger partial charge in [-0.2, -0.15) is 5.26 Å². The highest BCUT2D eigenvalue weighted by atomic mass is 19.2. The van der Waals surface area contributed by atoms with Crippen LogP contribution >= 0.6 is 0 Å². The molecule has 0 amide bonds. The molecular weight excluding hydrogens is 274 g/mol. The molecule has 1 aromatic heterocycles. The molecule has 0 fully saturated rings. The third-order valence-electron chi connectivity index (χ3n) is 2.96. The van der Waals surface area contributed by atoms with Crippen LogP contribution in [0, 0.1) is 23.0 Å². The van der Waals surface area contributed by atoms with Crippen LogP contribution in [0.1, 0.15) is 5.56 Å². The number of halogens is 2. The number of nitriles is 1. The fourth-order valence-electron chi connectivity index (χ4n) is 1.96. The monoisotopic (exact) mass is 282 g/mol. The minimum Gasteiger partial charge on any atom is -0.455 e. The van der Waals surface area contributed by atoms with Crippen molar-refractivity contribution in [2.75, 3.05) is 0 Å². The Morgan fingerprint density at radius 2 is 1.86 bits per heavy atom. The van der Waals surface area contributed by atoms with Gasteiger partial charge in [-0.15, -0.1) is 0 Å². The average Bonchev–Trinajstić information content (AvgIpc) is 2.51. The van der Waals surface area contributed by atoms with Crippen molar-refractivity contribution in [3.05, 3.63) is 65.9 Å². The number of aromatic nitrogens is 1. The number of pyridine rings is 1. The highest BCUT2D eigenvalue weighted by Gasteiger charge is 2.12. The van der Waals surface area contributed by atoms with E-state index in [1.54, 1.807) is 18.2 Å². The molecule has 3 aromatic rings. The van der Waals surface area contributed by atoms with Gasteiger partial charge in [-0.1, -0.05) is 12.1 Å². The molecule has 0 N–H and O–H groups in total. The summed E-state index contributed by atoms with van der Waals surface area (Å²) in [4.78, 5) is 4.15. The summed E-state index contributed by atoms with van der Waals surface area (Å²) in [5.41, 5.74) is 0.868. The number of para-hydroxylation sites is 1. The molecule has 0 radical (unpaired) electrons. The molecule has 0 spiro atoms. The van der Waals surface area contributed by atoms with Crippen molar-refractivity contribution in [2.24, 2.45) is 0 Å². The molecule has 0 aliphatic carbocycles. The first kappa shape index (κ1) is 13.0. The molecule has 0 unspecified atom stereocenters. The second-order valence-corrected chi connectivity index (χ2v) is 4.31. The van der Waals surface area contributed by atoms with Crippen LogP contribution in [0.25, 0.3) is 10.9 Å². The summed E-state index contributed by atoms with van der Waals surface area (Å²) >= 11 is 0. The number of nitrogens with zero attached hydrogens (tertiary/aromatic N) is 2. The van der Waals surface area contributed by atoms with Gasteiger partial charge < -0.3 is 4.74 Å². The number of hydrogen-bond acceptors (Lipinski definition) is 3. The number of hydrogen-bond donors (Lipinski definition) is 0. The summed E-state index contributed by atoms with van der Waals surface area (Å²) in [6.07, 6.45) is 1.39. The Hall–Kier alpha value is -3.00. The van der Waals surface area contributed by atoms with E-state index in [1.807, 2.05) is 12.1 Å². The van der Waals surface area contributed by atoms with Gasteiger partial charge in [-0.25, -0.2) is 8.78 Å². The van der Waals surface area contributed by atoms with Crippen molar-refractivity contribution in [3.63, 3.8) is 0 Å². The number of benzene rings is 2. The van der Waals surface area contributed by atoms with Crippen LogP contribution in [0.2, 0.25) is 0 Å². The zero-order valence-electron chi connectivity index (χ0n) is 10.7. The molecule has 1 heterocycles. The summed E-state index contributed by atoms with van der Waals surface area (Å²) in [6, 6.07) is 12.3. The Morgan fingerprint density at radius 1 is 1.05 bits per heavy atom. The van der Waals surface area contributed by atoms with Crippen LogP contribution < -0.4 is 4.74 Å². The van der Waals surface area contributed by atoms with Crippen molar-refractivity contribution in [1.82, 2.24) is 4.98 Å². The molecular formula is C16H8F2N2O. The second-order valence-electron chi connectivity index (χ2n) is 4.31. The SMILES string of the molecule is N#Cc1cnc2ccccc2c1Oc1ccc(F)c(F)c1. The quantitative estimate of drug-likeness (QED) is 0.708. The van der Waals surface area contributed by atoms with Gasteiger partial charge in [-0.05, 0) is 24.3 Å². The average molecular weight is 282 g/mol. The van der Waals surface area contributed by atoms with Crippen LogP contribution in [0.15, 0.2) is 48.7 Å². The normalized spacial score (nSPS) is 10.3. The summed E-state index contributed by atoms with van der Waals surface area (Å²) in [5, 5.41) is 9.78. The van der Waals surface area contributed by atoms with E-state index in [0.717, 1.165) is 12.1 Å². The lowest BCUT2D eigenvalue weighted by molar-refractivity contribution is 0.464. The standard InChI is InChI=1S/C16H8F2N2O/c17-13-6-5-11(7-14(13)18)21-16-10(8-19)9-20-15-4-2-1-3-12(15)16/h1-7,9H. The minimum atomic E-state index is -1.01. The first-order valence-corrected chi connectivity index (χ1v) is 6.10. The molecule has 0 saturated carbocycles. The molecule has 3 nitrogen and oxygen atoms in total. The topological polar surface area (TPSA) is 45.9 Å². The molecule has 0 atom stereocenters. The maximum Gasteiger partial charge on any atom is 0.162 e. The molecule has 3 rings (SSSR count). The maximum absolute atomic E-state index is 13.2. The molecule has 0 aliphatic heterocycles. The Kier molecular flexibility index (Phi) is 3.20. The van der Waals surface area contributed by atoms with Crippen LogP contribution in [-0.2, 0) is 0 Å². The van der Waals surface area contributed by atoms with E-state index in [9.17, 15) is 8.78 Å². The zero-order valence-corrected chi connectivity index (χ0v) is 10.7. The third kappa shape index (κ3) is 2.39. The summed E-state index contributed by atoms with van der Waals surface area (Å²) in [6.45, 7) is 0. The van der Waals surface area contributed by atoms with Gasteiger partial charge >= 0.3 is 0 Å². The lowest BCUT2D eigenvalue weighted by Gasteiger charge is -2.10. The van der Waals surface area contributed by atoms with Crippen molar-refractivity contribution in [2.45, 2.75) is 0 Å². The molecule has 102 valence electrons. The van der Waals surface area contributed by atoms with Crippen molar-refractivity contribution >= 4 is 10.9 Å². The van der Waals surface area contributed by atoms with Gasteiger partial charge in [0, 0.05) is 17.6 Å². The predicted molar refractivity (Wildman–Crippen MR) is 72.9 cm³/mol. The Morgan fingerprint density at radius 3 is 2.62 bits per heavy atom. The Balaban J connectivity index is 2.14. The van der Waals surface area contributed by atoms with E-state index in [-0.39, 0.29) is 17.1 Å². The minimum absolute atomic E-state index is 0.113. The van der Waals surface area contributed by atoms with Crippen LogP contribution in [0.5, 0.6) is 11.5 Å². The Bertz CT molecular complexity index is 872. The fraction of sp³-hybridized carbons (Fsp3) is 0. The molecule has 5 heteroatoms. The van der Waals surface area contributed by atoms with Gasteiger partial charge in [0.2, 0.25) is 0 Å². The Labute approximate surface area is 119 Å². The van der Waals surface area contributed by atoms with Crippen LogP contribution in [-0.4, -0.2) is 4.98 Å². The summed E-state index contributed by atoms with van der Waals surface area (Å²) < 4.78 is 31.8. The van der Waals surface area contributed by atoms with Crippen molar-refractivity contribution in [3.8, 4) is 17.6 Å². The van der Waals surface area contributed by atoms with E-state index < -0.39 is 11.6 Å². The molecule has 21 heavy (non-hydrogen) atoms. The number of rotatable bonds is 2. The van der Waals surface area contributed by atoms with Gasteiger partial charge in [0.1, 0.15) is 17.4 Å². The summed E-state index contributed by atoms with van der Waals surface area (Å²) in [5.74, 6) is -1.58. The van der Waals surface area contributed by atoms with Gasteiger partial charge in [0.15, 0.2) is 17.4 Å². The van der Waals surface area contributed by atoms with E-state index in [0.29, 0.717) is 10.9 Å². The van der Waals surface area contributed by atoms with Gasteiger partial charge in [0.25, 0.3) is 0 Å². The first-order valence-electron chi connectivity index (χ1n) is 6.10. The van der Waals surface area contributed by atoms with E-state index in [4.69, 9.17) is 10.00 Å². The first-order chi connectivity index (χ1) is 10.2. The van der Waals surface area contributed by atoms with Gasteiger partial charge in [-0.3, -0.25) is 4.98 Å². The third-order valence-corrected chi connectivity index (χ3v) is 2.96. The fourth-order valence-corrected chi connectivity index (χ4v) is 1.96. The van der Waals surface area contributed by atoms with Crippen molar-refractivity contribution < 1.29 is 13.5 Å². The molecule has 0 aliphatic rings. The largest absolute Gasteiger partial charge is 0.455 e. The molecule has 0 bridgehead atoms. The lowest BCUT2D eigenvalue weighted by atomic mass is 10.1. The number of ether oxygens (including phenoxy) is 1. The highest BCUT2D eigenvalue weighted by molar-refractivity contribution is 5.87. The summed E-state index contributed by atoms with van der Waals surface area (Å²) in [7, 11) is 0. The number of fused-ring (bicyclic) bond motifs is 1. The van der Waals surface area contributed by atoms with Crippen molar-refractivity contribution in [1.29, 1.82) is 5.26 Å².